The molecule has 0 N–H and O–H groups in total. The third-order valence-electron chi connectivity index (χ3n) is 1.58. The predicted molar refractivity (Wildman–Crippen MR) is 40.0 cm³/mol. The zero-order chi connectivity index (χ0) is 12.5. The molecule has 0 aliphatic heterocycles. The molecule has 0 atom stereocenters. The summed E-state index contributed by atoms with van der Waals surface area (Å²) in [5.41, 5.74) is 0.243. The average molecular weight is 238 g/mol. The first kappa shape index (κ1) is 14.2. The van der Waals surface area contributed by atoms with E-state index in [0.717, 1.165) is 0 Å². The summed E-state index contributed by atoms with van der Waals surface area (Å²) in [6.07, 6.45) is -7.24. The van der Waals surface area contributed by atoms with Gasteiger partial charge in [0, 0.05) is 6.42 Å². The number of rotatable bonds is 3. The maximum absolute atomic E-state index is 12.5. The van der Waals surface area contributed by atoms with E-state index < -0.39 is 24.4 Å². The van der Waals surface area contributed by atoms with Crippen LogP contribution in [-0.4, -0.2) is 18.0 Å². The van der Waals surface area contributed by atoms with Gasteiger partial charge in [-0.2, -0.15) is 30.7 Å². The quantitative estimate of drug-likeness (QED) is 0.511. The molecule has 7 heteroatoms. The third kappa shape index (κ3) is 3.10. The lowest BCUT2D eigenvalue weighted by Crippen LogP contribution is -2.51. The summed E-state index contributed by atoms with van der Waals surface area (Å²) in [5, 5.41) is 0. The van der Waals surface area contributed by atoms with Gasteiger partial charge in [0.2, 0.25) is 0 Å². The van der Waals surface area contributed by atoms with E-state index >= 15 is 0 Å². The lowest BCUT2D eigenvalue weighted by Gasteiger charge is -2.27. The van der Waals surface area contributed by atoms with Gasteiger partial charge in [0.1, 0.15) is 0 Å². The Balaban J connectivity index is 4.94. The minimum atomic E-state index is -6.24. The molecule has 0 rings (SSSR count). The Labute approximate surface area is 81.8 Å². The number of hydrogen-bond acceptors (Lipinski definition) is 0. The Morgan fingerprint density at radius 2 is 1.33 bits per heavy atom. The van der Waals surface area contributed by atoms with E-state index in [2.05, 4.69) is 0 Å². The smallest absolute Gasteiger partial charge is 0.199 e. The zero-order valence-corrected chi connectivity index (χ0v) is 7.93. The molecule has 0 bridgehead atoms. The molecule has 0 aromatic carbocycles. The van der Waals surface area contributed by atoms with Crippen LogP contribution in [0.25, 0.3) is 0 Å². The maximum atomic E-state index is 12.5. The normalized spacial score (nSPS) is 13.9. The highest BCUT2D eigenvalue weighted by Gasteiger charge is 2.72. The first-order valence-corrected chi connectivity index (χ1v) is 3.87. The highest BCUT2D eigenvalue weighted by Crippen LogP contribution is 2.48. The van der Waals surface area contributed by atoms with E-state index in [4.69, 9.17) is 0 Å². The van der Waals surface area contributed by atoms with E-state index in [9.17, 15) is 30.7 Å². The first-order chi connectivity index (χ1) is 6.42. The van der Waals surface area contributed by atoms with Gasteiger partial charge in [0.15, 0.2) is 0 Å². The largest absolute Gasteiger partial charge is 0.459 e. The monoisotopic (exact) mass is 238 g/mol. The summed E-state index contributed by atoms with van der Waals surface area (Å²) in [7, 11) is 0. The molecule has 90 valence electrons. The number of alkyl halides is 7. The van der Waals surface area contributed by atoms with Crippen molar-refractivity contribution in [2.45, 2.75) is 38.3 Å². The topological polar surface area (TPSA) is 0 Å². The average Bonchev–Trinajstić information content (AvgIpc) is 1.98. The number of allylic oxidation sites excluding steroid dienone is 2. The van der Waals surface area contributed by atoms with Gasteiger partial charge >= 0.3 is 18.0 Å². The molecule has 0 saturated heterocycles. The molecule has 0 unspecified atom stereocenters. The Morgan fingerprint density at radius 1 is 0.933 bits per heavy atom. The van der Waals surface area contributed by atoms with Crippen LogP contribution in [0.15, 0.2) is 11.6 Å². The molecule has 0 aliphatic carbocycles. The van der Waals surface area contributed by atoms with Crippen LogP contribution >= 0.6 is 0 Å². The van der Waals surface area contributed by atoms with E-state index in [1.54, 1.807) is 0 Å². The number of halogens is 7. The van der Waals surface area contributed by atoms with Crippen molar-refractivity contribution >= 4 is 0 Å². The second-order valence-corrected chi connectivity index (χ2v) is 3.26. The van der Waals surface area contributed by atoms with Crippen molar-refractivity contribution in [2.75, 3.05) is 0 Å². The van der Waals surface area contributed by atoms with Gasteiger partial charge in [-0.05, 0) is 13.8 Å². The van der Waals surface area contributed by atoms with Crippen molar-refractivity contribution in [3.63, 3.8) is 0 Å². The van der Waals surface area contributed by atoms with Gasteiger partial charge in [-0.1, -0.05) is 11.6 Å². The van der Waals surface area contributed by atoms with Crippen molar-refractivity contribution in [2.24, 2.45) is 0 Å². The zero-order valence-electron chi connectivity index (χ0n) is 7.93. The fraction of sp³-hybridized carbons (Fsp3) is 0.750. The first-order valence-electron chi connectivity index (χ1n) is 3.87. The second-order valence-electron chi connectivity index (χ2n) is 3.26. The van der Waals surface area contributed by atoms with Crippen LogP contribution in [0.3, 0.4) is 0 Å². The van der Waals surface area contributed by atoms with Crippen LogP contribution in [0.5, 0.6) is 0 Å². The lowest BCUT2D eigenvalue weighted by molar-refractivity contribution is -0.353. The van der Waals surface area contributed by atoms with Gasteiger partial charge in [-0.25, -0.2) is 0 Å². The van der Waals surface area contributed by atoms with Gasteiger partial charge in [0.05, 0.1) is 0 Å². The van der Waals surface area contributed by atoms with Crippen molar-refractivity contribution in [3.05, 3.63) is 11.6 Å². The molecule has 0 spiro atoms. The van der Waals surface area contributed by atoms with Gasteiger partial charge in [0.25, 0.3) is 0 Å². The highest BCUT2D eigenvalue weighted by atomic mass is 19.4. The highest BCUT2D eigenvalue weighted by molar-refractivity contribution is 5.01. The van der Waals surface area contributed by atoms with Crippen LogP contribution < -0.4 is 0 Å². The Kier molecular flexibility index (Phi) is 3.82. The van der Waals surface area contributed by atoms with Gasteiger partial charge in [-0.15, -0.1) is 0 Å². The summed E-state index contributed by atoms with van der Waals surface area (Å²) in [5.74, 6) is -11.1. The fourth-order valence-electron chi connectivity index (χ4n) is 0.668. The van der Waals surface area contributed by atoms with E-state index in [0.29, 0.717) is 6.08 Å². The molecule has 0 aliphatic rings. The molecule has 0 saturated carbocycles. The van der Waals surface area contributed by atoms with Crippen molar-refractivity contribution in [3.8, 4) is 0 Å². The molecule has 0 aromatic heterocycles. The van der Waals surface area contributed by atoms with Crippen molar-refractivity contribution in [1.29, 1.82) is 0 Å². The summed E-state index contributed by atoms with van der Waals surface area (Å²) in [6, 6.07) is 0. The molecule has 0 heterocycles. The summed E-state index contributed by atoms with van der Waals surface area (Å²) < 4.78 is 84.4. The van der Waals surface area contributed by atoms with Crippen molar-refractivity contribution in [1.82, 2.24) is 0 Å². The van der Waals surface area contributed by atoms with Gasteiger partial charge < -0.3 is 0 Å². The van der Waals surface area contributed by atoms with Crippen LogP contribution in [0.2, 0.25) is 0 Å². The number of hydrogen-bond donors (Lipinski definition) is 0. The minimum Gasteiger partial charge on any atom is -0.199 e. The molecule has 0 nitrogen and oxygen atoms in total. The molecular formula is C8H9F7. The SMILES string of the molecule is CC(C)=CCC(F)(F)C(F)(F)C(F)(F)F. The molecule has 15 heavy (non-hydrogen) atoms. The fourth-order valence-corrected chi connectivity index (χ4v) is 0.668. The van der Waals surface area contributed by atoms with E-state index in [1.807, 2.05) is 0 Å². The lowest BCUT2D eigenvalue weighted by atomic mass is 10.1. The predicted octanol–water partition coefficient (Wildman–Crippen LogP) is 4.18. The second kappa shape index (κ2) is 4.02. The molecule has 0 radical (unpaired) electrons. The maximum Gasteiger partial charge on any atom is 0.459 e. The Morgan fingerprint density at radius 3 is 1.60 bits per heavy atom. The van der Waals surface area contributed by atoms with Crippen LogP contribution in [0.4, 0.5) is 30.7 Å². The molecule has 0 aromatic rings. The third-order valence-corrected chi connectivity index (χ3v) is 1.58. The van der Waals surface area contributed by atoms with E-state index in [-0.39, 0.29) is 5.57 Å². The summed E-state index contributed by atoms with van der Waals surface area (Å²) in [4.78, 5) is 0. The Hall–Kier alpha value is -0.750. The van der Waals surface area contributed by atoms with E-state index in [1.165, 1.54) is 13.8 Å². The molecular weight excluding hydrogens is 229 g/mol. The van der Waals surface area contributed by atoms with Crippen LogP contribution in [0, 0.1) is 0 Å². The summed E-state index contributed by atoms with van der Waals surface area (Å²) in [6.45, 7) is 2.64. The van der Waals surface area contributed by atoms with Crippen LogP contribution in [-0.2, 0) is 0 Å². The molecule has 0 amide bonds. The summed E-state index contributed by atoms with van der Waals surface area (Å²) >= 11 is 0. The van der Waals surface area contributed by atoms with Gasteiger partial charge in [-0.3, -0.25) is 0 Å². The standard InChI is InChI=1S/C8H9F7/c1-5(2)3-4-6(9,10)7(11,12)8(13,14)15/h3H,4H2,1-2H3. The van der Waals surface area contributed by atoms with Crippen molar-refractivity contribution < 1.29 is 30.7 Å². The minimum absolute atomic E-state index is 0.243. The Bertz CT molecular complexity index is 244. The van der Waals surface area contributed by atoms with Crippen LogP contribution in [0.1, 0.15) is 20.3 Å². The molecule has 0 fully saturated rings.